The van der Waals surface area contributed by atoms with Gasteiger partial charge in [0.2, 0.25) is 5.91 Å². The molecule has 0 radical (unpaired) electrons. The fraction of sp³-hybridized carbons (Fsp3) is 0.760. The minimum atomic E-state index is -0.00875. The molecule has 0 bridgehead atoms. The van der Waals surface area contributed by atoms with Crippen LogP contribution in [0.5, 0.6) is 0 Å². The first-order valence-electron chi connectivity index (χ1n) is 12.5. The molecule has 0 unspecified atom stereocenters. The van der Waals surface area contributed by atoms with E-state index in [-0.39, 0.29) is 5.60 Å². The summed E-state index contributed by atoms with van der Waals surface area (Å²) < 4.78 is 6.39. The number of carbonyl (C=O) groups is 1. The Bertz CT molecular complexity index is 720. The Balaban J connectivity index is 1.11. The number of anilines is 1. The summed E-state index contributed by atoms with van der Waals surface area (Å²) in [6, 6.07) is 6.78. The van der Waals surface area contributed by atoms with Crippen LogP contribution in [-0.4, -0.2) is 78.2 Å². The maximum Gasteiger partial charge on any atom is 0.222 e. The number of carbonyl (C=O) groups excluding carboxylic acids is 1. The van der Waals surface area contributed by atoms with Gasteiger partial charge < -0.3 is 14.5 Å². The van der Waals surface area contributed by atoms with E-state index in [1.807, 2.05) is 12.3 Å². The Hall–Kier alpha value is -1.66. The number of aromatic nitrogens is 1. The number of piperazine rings is 1. The lowest BCUT2D eigenvalue weighted by molar-refractivity contribution is -0.150. The molecule has 5 rings (SSSR count). The minimum Gasteiger partial charge on any atom is -0.375 e. The van der Waals surface area contributed by atoms with E-state index >= 15 is 0 Å². The number of hydrogen-bond donors (Lipinski definition) is 0. The monoisotopic (exact) mass is 426 g/mol. The molecule has 4 heterocycles. The molecule has 6 heteroatoms. The molecule has 4 fully saturated rings. The van der Waals surface area contributed by atoms with Gasteiger partial charge in [-0.1, -0.05) is 18.9 Å². The first-order chi connectivity index (χ1) is 15.2. The molecular weight excluding hydrogens is 388 g/mol. The maximum atomic E-state index is 12.8. The van der Waals surface area contributed by atoms with Gasteiger partial charge in [0.15, 0.2) is 0 Å². The van der Waals surface area contributed by atoms with Crippen LogP contribution in [0.4, 0.5) is 5.82 Å². The number of nitrogens with zero attached hydrogens (tertiary/aromatic N) is 4. The highest BCUT2D eigenvalue weighted by atomic mass is 16.5. The second kappa shape index (κ2) is 9.45. The van der Waals surface area contributed by atoms with E-state index in [0.717, 1.165) is 83.8 Å². The number of rotatable bonds is 4. The Kier molecular flexibility index (Phi) is 6.46. The van der Waals surface area contributed by atoms with Gasteiger partial charge in [-0.3, -0.25) is 9.69 Å². The number of amides is 1. The van der Waals surface area contributed by atoms with E-state index in [2.05, 4.69) is 31.8 Å². The lowest BCUT2D eigenvalue weighted by Gasteiger charge is -2.49. The van der Waals surface area contributed by atoms with Crippen LogP contribution >= 0.6 is 0 Å². The molecule has 6 nitrogen and oxygen atoms in total. The maximum absolute atomic E-state index is 12.8. The zero-order valence-electron chi connectivity index (χ0n) is 18.9. The number of ether oxygens (including phenoxy) is 1. The van der Waals surface area contributed by atoms with E-state index in [9.17, 15) is 4.79 Å². The zero-order chi connectivity index (χ0) is 21.1. The third-order valence-corrected chi connectivity index (χ3v) is 8.24. The van der Waals surface area contributed by atoms with Crippen molar-refractivity contribution in [2.45, 2.75) is 69.4 Å². The number of hydrogen-bond acceptors (Lipinski definition) is 5. The topological polar surface area (TPSA) is 48.9 Å². The lowest BCUT2D eigenvalue weighted by atomic mass is 9.81. The molecule has 4 aliphatic rings. The van der Waals surface area contributed by atoms with Crippen LogP contribution in [0, 0.1) is 5.92 Å². The number of pyridine rings is 1. The molecular formula is C25H38N4O2. The smallest absolute Gasteiger partial charge is 0.222 e. The van der Waals surface area contributed by atoms with E-state index in [4.69, 9.17) is 4.74 Å². The van der Waals surface area contributed by atoms with Gasteiger partial charge in [0.1, 0.15) is 5.82 Å². The first-order valence-corrected chi connectivity index (χ1v) is 12.5. The summed E-state index contributed by atoms with van der Waals surface area (Å²) in [6.07, 6.45) is 12.1. The Morgan fingerprint density at radius 3 is 2.52 bits per heavy atom. The Labute approximate surface area is 186 Å². The molecule has 1 aromatic rings. The average molecular weight is 427 g/mol. The highest BCUT2D eigenvalue weighted by Gasteiger charge is 2.43. The van der Waals surface area contributed by atoms with Crippen molar-refractivity contribution in [1.82, 2.24) is 14.8 Å². The van der Waals surface area contributed by atoms with Gasteiger partial charge in [0.05, 0.1) is 5.60 Å². The van der Waals surface area contributed by atoms with Gasteiger partial charge in [-0.25, -0.2) is 4.98 Å². The second-order valence-electron chi connectivity index (χ2n) is 10.1. The summed E-state index contributed by atoms with van der Waals surface area (Å²) in [5, 5.41) is 0. The molecule has 31 heavy (non-hydrogen) atoms. The van der Waals surface area contributed by atoms with Crippen LogP contribution in [0.1, 0.15) is 57.8 Å². The Morgan fingerprint density at radius 1 is 1.03 bits per heavy atom. The molecule has 1 atom stereocenters. The van der Waals surface area contributed by atoms with Crippen molar-refractivity contribution in [3.8, 4) is 0 Å². The Morgan fingerprint density at radius 2 is 1.81 bits per heavy atom. The first kappa shape index (κ1) is 21.2. The van der Waals surface area contributed by atoms with Crippen molar-refractivity contribution in [2.24, 2.45) is 5.92 Å². The molecule has 1 spiro atoms. The van der Waals surface area contributed by atoms with Crippen LogP contribution in [0.25, 0.3) is 0 Å². The van der Waals surface area contributed by atoms with Crippen LogP contribution in [0.15, 0.2) is 24.4 Å². The van der Waals surface area contributed by atoms with Crippen molar-refractivity contribution >= 4 is 11.7 Å². The normalized spacial score (nSPS) is 27.7. The SMILES string of the molecule is O=C(CC1CCCC1)N1CCC2(CC1)C[C@@H](N1CCN(c3ccccn3)CC1)CCO2. The third-order valence-electron chi connectivity index (χ3n) is 8.24. The fourth-order valence-electron chi connectivity index (χ4n) is 6.27. The number of piperidine rings is 1. The van der Waals surface area contributed by atoms with Gasteiger partial charge >= 0.3 is 0 Å². The van der Waals surface area contributed by atoms with Crippen LogP contribution < -0.4 is 4.90 Å². The third kappa shape index (κ3) is 4.90. The van der Waals surface area contributed by atoms with E-state index < -0.39 is 0 Å². The zero-order valence-corrected chi connectivity index (χ0v) is 18.9. The van der Waals surface area contributed by atoms with Crippen molar-refractivity contribution in [1.29, 1.82) is 0 Å². The molecule has 1 aliphatic carbocycles. The molecule has 1 aromatic heterocycles. The van der Waals surface area contributed by atoms with Gasteiger partial charge in [0.25, 0.3) is 0 Å². The highest BCUT2D eigenvalue weighted by molar-refractivity contribution is 5.76. The predicted octanol–water partition coefficient (Wildman–Crippen LogP) is 3.32. The second-order valence-corrected chi connectivity index (χ2v) is 10.1. The van der Waals surface area contributed by atoms with Crippen LogP contribution in [0.2, 0.25) is 0 Å². The summed E-state index contributed by atoms with van der Waals surface area (Å²) in [7, 11) is 0. The molecule has 0 aromatic carbocycles. The van der Waals surface area contributed by atoms with E-state index in [1.165, 1.54) is 25.7 Å². The largest absolute Gasteiger partial charge is 0.375 e. The van der Waals surface area contributed by atoms with Gasteiger partial charge in [-0.2, -0.15) is 0 Å². The number of likely N-dealkylation sites (tertiary alicyclic amines) is 1. The quantitative estimate of drug-likeness (QED) is 0.739. The molecule has 3 saturated heterocycles. The van der Waals surface area contributed by atoms with Crippen molar-refractivity contribution in [2.75, 3.05) is 50.8 Å². The molecule has 1 amide bonds. The summed E-state index contributed by atoms with van der Waals surface area (Å²) in [5.41, 5.74) is -0.00875. The summed E-state index contributed by atoms with van der Waals surface area (Å²) >= 11 is 0. The van der Waals surface area contributed by atoms with Crippen molar-refractivity contribution in [3.05, 3.63) is 24.4 Å². The fourth-order valence-corrected chi connectivity index (χ4v) is 6.27. The average Bonchev–Trinajstić information content (AvgIpc) is 3.33. The van der Waals surface area contributed by atoms with Crippen LogP contribution in [-0.2, 0) is 9.53 Å². The van der Waals surface area contributed by atoms with Crippen molar-refractivity contribution < 1.29 is 9.53 Å². The molecule has 1 saturated carbocycles. The predicted molar refractivity (Wildman–Crippen MR) is 122 cm³/mol. The lowest BCUT2D eigenvalue weighted by Crippen LogP contribution is -2.57. The van der Waals surface area contributed by atoms with Gasteiger partial charge in [-0.05, 0) is 56.6 Å². The van der Waals surface area contributed by atoms with Gasteiger partial charge in [0, 0.05) is 64.5 Å². The molecule has 0 N–H and O–H groups in total. The minimum absolute atomic E-state index is 0.00875. The highest BCUT2D eigenvalue weighted by Crippen LogP contribution is 2.38. The van der Waals surface area contributed by atoms with Crippen molar-refractivity contribution in [3.63, 3.8) is 0 Å². The molecule has 3 aliphatic heterocycles. The van der Waals surface area contributed by atoms with E-state index in [0.29, 0.717) is 17.9 Å². The molecule has 170 valence electrons. The summed E-state index contributed by atoms with van der Waals surface area (Å²) in [6.45, 7) is 6.92. The van der Waals surface area contributed by atoms with Gasteiger partial charge in [-0.15, -0.1) is 0 Å². The standard InChI is InChI=1S/C25H38N4O2/c30-24(19-21-5-1-2-6-21)29-12-9-25(10-13-29)20-22(8-18-31-25)27-14-16-28(17-15-27)23-7-3-4-11-26-23/h3-4,7,11,21-22H,1-2,5-6,8-10,12-20H2/t22-/m0/s1. The van der Waals surface area contributed by atoms with Crippen LogP contribution in [0.3, 0.4) is 0 Å². The summed E-state index contributed by atoms with van der Waals surface area (Å²) in [4.78, 5) is 24.5. The van der Waals surface area contributed by atoms with E-state index in [1.54, 1.807) is 0 Å². The summed E-state index contributed by atoms with van der Waals surface area (Å²) in [5.74, 6) is 2.13.